The maximum absolute atomic E-state index is 9.67. The number of hydrogen-bond donors (Lipinski definition) is 2. The van der Waals surface area contributed by atoms with Crippen LogP contribution < -0.4 is 5.32 Å². The van der Waals surface area contributed by atoms with Gasteiger partial charge in [-0.15, -0.1) is 24.0 Å². The molecule has 2 rings (SSSR count). The van der Waals surface area contributed by atoms with Gasteiger partial charge in [-0.3, -0.25) is 4.99 Å². The summed E-state index contributed by atoms with van der Waals surface area (Å²) >= 11 is 0. The average Bonchev–Trinajstić information content (AvgIpc) is 3.00. The van der Waals surface area contributed by atoms with Crippen LogP contribution in [0.5, 0.6) is 0 Å². The number of unbranched alkanes of at least 4 members (excludes halogenated alkanes) is 1. The SMILES string of the molecule is CCNC(=NCCCCN1CCN(CC)CC1)N1CC[C@@H](O)C1.I. The van der Waals surface area contributed by atoms with Gasteiger partial charge in [0.25, 0.3) is 0 Å². The van der Waals surface area contributed by atoms with Gasteiger partial charge in [0.1, 0.15) is 0 Å². The second-order valence-electron chi connectivity index (χ2n) is 6.61. The van der Waals surface area contributed by atoms with Crippen LogP contribution in [0.25, 0.3) is 0 Å². The normalized spacial score (nSPS) is 23.4. The molecule has 2 N–H and O–H groups in total. The molecule has 1 atom stereocenters. The first-order chi connectivity index (χ1) is 11.2. The van der Waals surface area contributed by atoms with E-state index in [9.17, 15) is 5.11 Å². The number of aliphatic hydroxyl groups excluding tert-OH is 1. The molecule has 0 saturated carbocycles. The van der Waals surface area contributed by atoms with Crippen molar-refractivity contribution in [1.82, 2.24) is 20.0 Å². The lowest BCUT2D eigenvalue weighted by Crippen LogP contribution is -2.46. The lowest BCUT2D eigenvalue weighted by atomic mass is 10.2. The Morgan fingerprint density at radius 3 is 2.38 bits per heavy atom. The van der Waals surface area contributed by atoms with Crippen molar-refractivity contribution >= 4 is 29.9 Å². The van der Waals surface area contributed by atoms with E-state index in [0.717, 1.165) is 38.4 Å². The smallest absolute Gasteiger partial charge is 0.194 e. The summed E-state index contributed by atoms with van der Waals surface area (Å²) in [6.45, 7) is 15.0. The summed E-state index contributed by atoms with van der Waals surface area (Å²) < 4.78 is 0. The van der Waals surface area contributed by atoms with Gasteiger partial charge in [-0.25, -0.2) is 0 Å². The molecular weight excluding hydrogens is 417 g/mol. The Hall–Kier alpha value is -0.120. The van der Waals surface area contributed by atoms with Gasteiger partial charge < -0.3 is 25.1 Å². The number of nitrogens with one attached hydrogen (secondary N) is 1. The van der Waals surface area contributed by atoms with Gasteiger partial charge in [-0.2, -0.15) is 0 Å². The molecule has 0 aromatic heterocycles. The summed E-state index contributed by atoms with van der Waals surface area (Å²) in [5, 5.41) is 13.0. The Kier molecular flexibility index (Phi) is 11.2. The molecule has 2 fully saturated rings. The van der Waals surface area contributed by atoms with Gasteiger partial charge in [0.15, 0.2) is 5.96 Å². The highest BCUT2D eigenvalue weighted by Crippen LogP contribution is 2.09. The van der Waals surface area contributed by atoms with Crippen LogP contribution in [-0.2, 0) is 0 Å². The Labute approximate surface area is 164 Å². The number of hydrogen-bond acceptors (Lipinski definition) is 4. The van der Waals surface area contributed by atoms with Crippen LogP contribution in [0.1, 0.15) is 33.1 Å². The maximum Gasteiger partial charge on any atom is 0.194 e. The second-order valence-corrected chi connectivity index (χ2v) is 6.61. The minimum atomic E-state index is -0.194. The van der Waals surface area contributed by atoms with Crippen molar-refractivity contribution in [1.29, 1.82) is 0 Å². The van der Waals surface area contributed by atoms with Crippen LogP contribution in [0.15, 0.2) is 4.99 Å². The number of rotatable bonds is 7. The molecule has 2 aliphatic heterocycles. The Bertz CT molecular complexity index is 361. The first kappa shape index (κ1) is 21.9. The van der Waals surface area contributed by atoms with Crippen molar-refractivity contribution in [2.24, 2.45) is 4.99 Å². The third-order valence-electron chi connectivity index (χ3n) is 4.85. The molecule has 6 nitrogen and oxygen atoms in total. The van der Waals surface area contributed by atoms with Gasteiger partial charge in [0.05, 0.1) is 6.10 Å². The molecule has 0 aliphatic carbocycles. The lowest BCUT2D eigenvalue weighted by Gasteiger charge is -2.33. The van der Waals surface area contributed by atoms with E-state index in [1.165, 1.54) is 45.7 Å². The highest BCUT2D eigenvalue weighted by atomic mass is 127. The molecule has 0 spiro atoms. The molecule has 0 aromatic rings. The Balaban J connectivity index is 0.00000288. The van der Waals surface area contributed by atoms with Gasteiger partial charge >= 0.3 is 0 Å². The molecule has 2 saturated heterocycles. The van der Waals surface area contributed by atoms with Crippen molar-refractivity contribution in [3.05, 3.63) is 0 Å². The van der Waals surface area contributed by atoms with E-state index in [-0.39, 0.29) is 30.1 Å². The van der Waals surface area contributed by atoms with Gasteiger partial charge in [-0.1, -0.05) is 6.92 Å². The number of guanidine groups is 1. The van der Waals surface area contributed by atoms with Crippen molar-refractivity contribution in [3.8, 4) is 0 Å². The summed E-state index contributed by atoms with van der Waals surface area (Å²) in [7, 11) is 0. The summed E-state index contributed by atoms with van der Waals surface area (Å²) in [5.74, 6) is 0.973. The Morgan fingerprint density at radius 2 is 1.79 bits per heavy atom. The molecule has 2 heterocycles. The maximum atomic E-state index is 9.67. The standard InChI is InChI=1S/C17H35N5O.HI/c1-3-18-17(22-10-7-16(23)15-22)19-8-5-6-9-21-13-11-20(4-2)12-14-21;/h16,23H,3-15H2,1-2H3,(H,18,19);1H/t16-;/m1./s1. The summed E-state index contributed by atoms with van der Waals surface area (Å²) in [4.78, 5) is 12.0. The fraction of sp³-hybridized carbons (Fsp3) is 0.941. The molecule has 0 radical (unpaired) electrons. The van der Waals surface area contributed by atoms with E-state index < -0.39 is 0 Å². The van der Waals surface area contributed by atoms with Crippen LogP contribution in [0.4, 0.5) is 0 Å². The van der Waals surface area contributed by atoms with E-state index >= 15 is 0 Å². The number of likely N-dealkylation sites (N-methyl/N-ethyl adjacent to an activating group) is 1. The zero-order valence-electron chi connectivity index (χ0n) is 15.4. The first-order valence-corrected chi connectivity index (χ1v) is 9.39. The number of piperazine rings is 1. The van der Waals surface area contributed by atoms with Crippen LogP contribution >= 0.6 is 24.0 Å². The molecule has 2 aliphatic rings. The summed E-state index contributed by atoms with van der Waals surface area (Å²) in [6.07, 6.45) is 3.02. The van der Waals surface area contributed by atoms with E-state index in [4.69, 9.17) is 4.99 Å². The predicted molar refractivity (Wildman–Crippen MR) is 111 cm³/mol. The fourth-order valence-corrected chi connectivity index (χ4v) is 3.32. The molecule has 0 bridgehead atoms. The monoisotopic (exact) mass is 453 g/mol. The van der Waals surface area contributed by atoms with Gasteiger partial charge in [-0.05, 0) is 39.3 Å². The van der Waals surface area contributed by atoms with E-state index in [2.05, 4.69) is 33.9 Å². The number of halogens is 1. The minimum Gasteiger partial charge on any atom is -0.391 e. The molecule has 0 amide bonds. The van der Waals surface area contributed by atoms with Crippen LogP contribution in [-0.4, -0.2) is 97.3 Å². The van der Waals surface area contributed by atoms with Crippen molar-refractivity contribution < 1.29 is 5.11 Å². The molecule has 7 heteroatoms. The zero-order valence-corrected chi connectivity index (χ0v) is 17.7. The largest absolute Gasteiger partial charge is 0.391 e. The second kappa shape index (κ2) is 12.3. The molecule has 142 valence electrons. The Morgan fingerprint density at radius 1 is 1.08 bits per heavy atom. The molecule has 0 unspecified atom stereocenters. The van der Waals surface area contributed by atoms with Crippen LogP contribution in [0, 0.1) is 0 Å². The number of β-amino-alcohol motifs (C(OH)–C–C–N with tert-alkyl or cyclic N) is 1. The quantitative estimate of drug-likeness (QED) is 0.261. The minimum absolute atomic E-state index is 0. The van der Waals surface area contributed by atoms with E-state index in [1.807, 2.05) is 0 Å². The number of aliphatic hydroxyl groups is 1. The predicted octanol–water partition coefficient (Wildman–Crippen LogP) is 1.05. The zero-order chi connectivity index (χ0) is 16.5. The molecule has 24 heavy (non-hydrogen) atoms. The van der Waals surface area contributed by atoms with E-state index in [0.29, 0.717) is 6.54 Å². The summed E-state index contributed by atoms with van der Waals surface area (Å²) in [6, 6.07) is 0. The van der Waals surface area contributed by atoms with Crippen LogP contribution in [0.2, 0.25) is 0 Å². The average molecular weight is 453 g/mol. The van der Waals surface area contributed by atoms with Gasteiger partial charge in [0.2, 0.25) is 0 Å². The topological polar surface area (TPSA) is 54.3 Å². The summed E-state index contributed by atoms with van der Waals surface area (Å²) in [5.41, 5.74) is 0. The highest BCUT2D eigenvalue weighted by Gasteiger charge is 2.22. The number of nitrogens with zero attached hydrogens (tertiary/aromatic N) is 4. The van der Waals surface area contributed by atoms with E-state index in [1.54, 1.807) is 0 Å². The van der Waals surface area contributed by atoms with Crippen molar-refractivity contribution in [2.45, 2.75) is 39.2 Å². The van der Waals surface area contributed by atoms with Crippen molar-refractivity contribution in [2.75, 3.05) is 65.4 Å². The first-order valence-electron chi connectivity index (χ1n) is 9.39. The van der Waals surface area contributed by atoms with Crippen molar-refractivity contribution in [3.63, 3.8) is 0 Å². The fourth-order valence-electron chi connectivity index (χ4n) is 3.32. The third kappa shape index (κ3) is 7.41. The number of aliphatic imine (C=N–C) groups is 1. The van der Waals surface area contributed by atoms with Crippen LogP contribution in [0.3, 0.4) is 0 Å². The highest BCUT2D eigenvalue weighted by molar-refractivity contribution is 14.0. The van der Waals surface area contributed by atoms with Gasteiger partial charge in [0, 0.05) is 52.4 Å². The molecular formula is C17H36IN5O. The lowest BCUT2D eigenvalue weighted by molar-refractivity contribution is 0.136. The third-order valence-corrected chi connectivity index (χ3v) is 4.85. The number of likely N-dealkylation sites (tertiary alicyclic amines) is 1. The molecule has 0 aromatic carbocycles.